The van der Waals surface area contributed by atoms with E-state index in [0.717, 1.165) is 18.4 Å². The lowest BCUT2D eigenvalue weighted by Gasteiger charge is -2.17. The summed E-state index contributed by atoms with van der Waals surface area (Å²) in [6, 6.07) is 1.72. The highest BCUT2D eigenvalue weighted by atomic mass is 35.5. The molecule has 100 valence electrons. The van der Waals surface area contributed by atoms with E-state index in [-0.39, 0.29) is 0 Å². The van der Waals surface area contributed by atoms with Crippen LogP contribution < -0.4 is 10.6 Å². The lowest BCUT2D eigenvalue weighted by atomic mass is 9.98. The van der Waals surface area contributed by atoms with Gasteiger partial charge in [-0.15, -0.1) is 0 Å². The van der Waals surface area contributed by atoms with Crippen molar-refractivity contribution in [1.29, 1.82) is 0 Å². The van der Waals surface area contributed by atoms with Gasteiger partial charge in [0.15, 0.2) is 0 Å². The van der Waals surface area contributed by atoms with Gasteiger partial charge in [-0.1, -0.05) is 43.0 Å². The monoisotopic (exact) mass is 287 g/mol. The first-order valence-corrected chi connectivity index (χ1v) is 7.15. The molecule has 1 aliphatic rings. The van der Waals surface area contributed by atoms with Crippen molar-refractivity contribution in [2.45, 2.75) is 26.2 Å². The number of aromatic nitrogens is 1. The van der Waals surface area contributed by atoms with Crippen LogP contribution in [0.3, 0.4) is 0 Å². The molecule has 2 rings (SSSR count). The molecular weight excluding hydrogens is 269 g/mol. The number of rotatable bonds is 4. The summed E-state index contributed by atoms with van der Waals surface area (Å²) in [5, 5.41) is 7.42. The highest BCUT2D eigenvalue weighted by molar-refractivity contribution is 6.37. The van der Waals surface area contributed by atoms with E-state index < -0.39 is 0 Å². The minimum atomic E-state index is 0.544. The molecule has 2 atom stereocenters. The van der Waals surface area contributed by atoms with Crippen molar-refractivity contribution < 1.29 is 0 Å². The predicted molar refractivity (Wildman–Crippen MR) is 78.8 cm³/mol. The zero-order chi connectivity index (χ0) is 13.1. The summed E-state index contributed by atoms with van der Waals surface area (Å²) in [5.41, 5.74) is 0. The molecule has 0 bridgehead atoms. The average molecular weight is 288 g/mol. The SMILES string of the molecule is CNc1nc(NCC2CCCC2C)c(Cl)cc1Cl. The number of hydrogen-bond donors (Lipinski definition) is 2. The fraction of sp³-hybridized carbons (Fsp3) is 0.615. The van der Waals surface area contributed by atoms with Crippen LogP contribution in [-0.2, 0) is 0 Å². The van der Waals surface area contributed by atoms with Gasteiger partial charge in [-0.25, -0.2) is 4.98 Å². The van der Waals surface area contributed by atoms with Crippen LogP contribution >= 0.6 is 23.2 Å². The van der Waals surface area contributed by atoms with E-state index in [9.17, 15) is 0 Å². The summed E-state index contributed by atoms with van der Waals surface area (Å²) in [7, 11) is 1.80. The summed E-state index contributed by atoms with van der Waals surface area (Å²) in [6.07, 6.45) is 3.95. The molecule has 1 aromatic rings. The lowest BCUT2D eigenvalue weighted by Crippen LogP contribution is -2.17. The molecular formula is C13H19Cl2N3. The smallest absolute Gasteiger partial charge is 0.147 e. The fourth-order valence-corrected chi connectivity index (χ4v) is 3.04. The summed E-state index contributed by atoms with van der Waals surface area (Å²) >= 11 is 12.2. The van der Waals surface area contributed by atoms with E-state index >= 15 is 0 Å². The summed E-state index contributed by atoms with van der Waals surface area (Å²) in [5.74, 6) is 2.87. The molecule has 0 aliphatic heterocycles. The van der Waals surface area contributed by atoms with Gasteiger partial charge in [0, 0.05) is 13.6 Å². The second kappa shape index (κ2) is 5.98. The van der Waals surface area contributed by atoms with Crippen molar-refractivity contribution in [2.24, 2.45) is 11.8 Å². The van der Waals surface area contributed by atoms with Crippen LogP contribution in [0.25, 0.3) is 0 Å². The maximum Gasteiger partial charge on any atom is 0.147 e. The number of pyridine rings is 1. The third-order valence-electron chi connectivity index (χ3n) is 3.74. The first-order chi connectivity index (χ1) is 8.61. The Bertz CT molecular complexity index is 423. The molecule has 3 nitrogen and oxygen atoms in total. The van der Waals surface area contributed by atoms with Crippen LogP contribution in [0, 0.1) is 11.8 Å². The minimum absolute atomic E-state index is 0.544. The molecule has 2 unspecified atom stereocenters. The van der Waals surface area contributed by atoms with Gasteiger partial charge in [-0.05, 0) is 24.3 Å². The Kier molecular flexibility index (Phi) is 4.57. The number of halogens is 2. The molecule has 1 heterocycles. The molecule has 0 radical (unpaired) electrons. The molecule has 0 spiro atoms. The van der Waals surface area contributed by atoms with E-state index in [1.165, 1.54) is 19.3 Å². The average Bonchev–Trinajstić information content (AvgIpc) is 2.74. The standard InChI is InChI=1S/C13H19Cl2N3/c1-8-4-3-5-9(8)7-17-13-11(15)6-10(14)12(16-2)18-13/h6,8-9H,3-5,7H2,1-2H3,(H2,16,17,18). The summed E-state index contributed by atoms with van der Waals surface area (Å²) in [6.45, 7) is 3.24. The predicted octanol–water partition coefficient (Wildman–Crippen LogP) is 4.28. The Hall–Kier alpha value is -0.670. The van der Waals surface area contributed by atoms with Gasteiger partial charge in [0.05, 0.1) is 10.0 Å². The Morgan fingerprint density at radius 2 is 2.00 bits per heavy atom. The number of hydrogen-bond acceptors (Lipinski definition) is 3. The molecule has 5 heteroatoms. The highest BCUT2D eigenvalue weighted by Gasteiger charge is 2.23. The van der Waals surface area contributed by atoms with E-state index in [0.29, 0.717) is 21.7 Å². The topological polar surface area (TPSA) is 37.0 Å². The van der Waals surface area contributed by atoms with Gasteiger partial charge in [0.25, 0.3) is 0 Å². The second-order valence-electron chi connectivity index (χ2n) is 4.95. The summed E-state index contributed by atoms with van der Waals surface area (Å²) < 4.78 is 0. The van der Waals surface area contributed by atoms with Crippen LogP contribution in [-0.4, -0.2) is 18.6 Å². The van der Waals surface area contributed by atoms with E-state index in [4.69, 9.17) is 23.2 Å². The Morgan fingerprint density at radius 3 is 2.61 bits per heavy atom. The largest absolute Gasteiger partial charge is 0.372 e. The van der Waals surface area contributed by atoms with Gasteiger partial charge < -0.3 is 10.6 Å². The van der Waals surface area contributed by atoms with Gasteiger partial charge in [0.1, 0.15) is 11.6 Å². The minimum Gasteiger partial charge on any atom is -0.372 e. The number of nitrogens with one attached hydrogen (secondary N) is 2. The zero-order valence-corrected chi connectivity index (χ0v) is 12.3. The Balaban J connectivity index is 2.04. The number of anilines is 2. The molecule has 1 aromatic heterocycles. The van der Waals surface area contributed by atoms with Crippen LogP contribution in [0.2, 0.25) is 10.0 Å². The molecule has 1 saturated carbocycles. The van der Waals surface area contributed by atoms with Gasteiger partial charge >= 0.3 is 0 Å². The van der Waals surface area contributed by atoms with Crippen LogP contribution in [0.5, 0.6) is 0 Å². The molecule has 0 saturated heterocycles. The maximum atomic E-state index is 6.14. The van der Waals surface area contributed by atoms with Crippen molar-refractivity contribution in [3.05, 3.63) is 16.1 Å². The van der Waals surface area contributed by atoms with Gasteiger partial charge in [-0.3, -0.25) is 0 Å². The molecule has 18 heavy (non-hydrogen) atoms. The third kappa shape index (κ3) is 3.01. The normalized spacial score (nSPS) is 23.1. The second-order valence-corrected chi connectivity index (χ2v) is 5.76. The summed E-state index contributed by atoms with van der Waals surface area (Å²) in [4.78, 5) is 4.39. The lowest BCUT2D eigenvalue weighted by molar-refractivity contribution is 0.439. The van der Waals surface area contributed by atoms with Crippen molar-refractivity contribution in [3.8, 4) is 0 Å². The van der Waals surface area contributed by atoms with E-state index in [2.05, 4.69) is 22.5 Å². The molecule has 0 aromatic carbocycles. The van der Waals surface area contributed by atoms with Crippen molar-refractivity contribution in [3.63, 3.8) is 0 Å². The third-order valence-corrected chi connectivity index (χ3v) is 4.31. The molecule has 0 amide bonds. The maximum absolute atomic E-state index is 6.14. The van der Waals surface area contributed by atoms with Crippen molar-refractivity contribution in [2.75, 3.05) is 24.2 Å². The number of nitrogens with zero attached hydrogens (tertiary/aromatic N) is 1. The first-order valence-electron chi connectivity index (χ1n) is 6.39. The molecule has 2 N–H and O–H groups in total. The van der Waals surface area contributed by atoms with Gasteiger partial charge in [0.2, 0.25) is 0 Å². The zero-order valence-electron chi connectivity index (χ0n) is 10.8. The van der Waals surface area contributed by atoms with Crippen LogP contribution in [0.15, 0.2) is 6.07 Å². The molecule has 1 fully saturated rings. The molecule has 1 aliphatic carbocycles. The van der Waals surface area contributed by atoms with Crippen molar-refractivity contribution >= 4 is 34.8 Å². The van der Waals surface area contributed by atoms with Gasteiger partial charge in [-0.2, -0.15) is 0 Å². The van der Waals surface area contributed by atoms with E-state index in [1.54, 1.807) is 13.1 Å². The highest BCUT2D eigenvalue weighted by Crippen LogP contribution is 2.33. The van der Waals surface area contributed by atoms with Crippen LogP contribution in [0.1, 0.15) is 26.2 Å². The Morgan fingerprint density at radius 1 is 1.28 bits per heavy atom. The van der Waals surface area contributed by atoms with Crippen LogP contribution in [0.4, 0.5) is 11.6 Å². The van der Waals surface area contributed by atoms with Crippen molar-refractivity contribution in [1.82, 2.24) is 4.98 Å². The van der Waals surface area contributed by atoms with E-state index in [1.807, 2.05) is 0 Å². The first kappa shape index (κ1) is 13.8. The Labute approximate surface area is 118 Å². The fourth-order valence-electron chi connectivity index (χ4n) is 2.52. The quantitative estimate of drug-likeness (QED) is 0.868.